The zero-order valence-electron chi connectivity index (χ0n) is 9.65. The highest BCUT2D eigenvalue weighted by Crippen LogP contribution is 2.23. The van der Waals surface area contributed by atoms with E-state index < -0.39 is 0 Å². The molecule has 98 valence electrons. The summed E-state index contributed by atoms with van der Waals surface area (Å²) in [5.74, 6) is 3.12. The number of pyridine rings is 1. The van der Waals surface area contributed by atoms with Crippen molar-refractivity contribution >= 4 is 36.6 Å². The van der Waals surface area contributed by atoms with E-state index in [9.17, 15) is 0 Å². The van der Waals surface area contributed by atoms with E-state index in [0.29, 0.717) is 0 Å². The number of nitrogens with zero attached hydrogens (tertiary/aromatic N) is 4. The first-order valence-electron chi connectivity index (χ1n) is 5.37. The monoisotopic (exact) mass is 304 g/mol. The van der Waals surface area contributed by atoms with E-state index in [-0.39, 0.29) is 24.8 Å². The van der Waals surface area contributed by atoms with Crippen LogP contribution in [0, 0.1) is 0 Å². The number of fused-ring (bicyclic) bond motifs is 1. The first-order chi connectivity index (χ1) is 7.93. The van der Waals surface area contributed by atoms with E-state index in [1.807, 2.05) is 24.5 Å². The van der Waals surface area contributed by atoms with E-state index >= 15 is 0 Å². The van der Waals surface area contributed by atoms with Crippen LogP contribution >= 0.6 is 36.6 Å². The summed E-state index contributed by atoms with van der Waals surface area (Å²) >= 11 is 1.78. The molecule has 0 saturated heterocycles. The number of thioether (sulfide) groups is 1. The molecule has 2 aromatic heterocycles. The molecule has 0 unspecified atom stereocenters. The highest BCUT2D eigenvalue weighted by atomic mass is 35.5. The van der Waals surface area contributed by atoms with E-state index in [0.717, 1.165) is 30.4 Å². The molecule has 7 heteroatoms. The fourth-order valence-corrected chi connectivity index (χ4v) is 2.72. The molecule has 0 aromatic carbocycles. The standard InChI is InChI=1S/C11H12N4S.2ClH/c1-2-10-13-14-11(15(10)7-1)8-16-9-3-5-12-6-4-9;;/h3-6H,1-2,7-8H2;2*1H. The number of hydrogen-bond acceptors (Lipinski definition) is 4. The van der Waals surface area contributed by atoms with Gasteiger partial charge in [0.1, 0.15) is 11.6 Å². The number of halogens is 2. The maximum Gasteiger partial charge on any atom is 0.143 e. The van der Waals surface area contributed by atoms with Crippen molar-refractivity contribution in [3.8, 4) is 0 Å². The molecule has 1 aliphatic heterocycles. The number of aryl methyl sites for hydroxylation is 1. The summed E-state index contributed by atoms with van der Waals surface area (Å²) in [7, 11) is 0. The second kappa shape index (κ2) is 6.97. The molecule has 0 aliphatic carbocycles. The maximum absolute atomic E-state index is 4.23. The lowest BCUT2D eigenvalue weighted by Crippen LogP contribution is -1.98. The van der Waals surface area contributed by atoms with E-state index in [1.54, 1.807) is 11.8 Å². The summed E-state index contributed by atoms with van der Waals surface area (Å²) in [6.45, 7) is 1.08. The molecule has 0 atom stereocenters. The summed E-state index contributed by atoms with van der Waals surface area (Å²) in [6, 6.07) is 4.04. The van der Waals surface area contributed by atoms with Crippen molar-refractivity contribution in [2.24, 2.45) is 0 Å². The predicted octanol–water partition coefficient (Wildman–Crippen LogP) is 2.76. The van der Waals surface area contributed by atoms with Crippen molar-refractivity contribution < 1.29 is 0 Å². The topological polar surface area (TPSA) is 43.6 Å². The molecule has 0 radical (unpaired) electrons. The normalized spacial score (nSPS) is 12.4. The smallest absolute Gasteiger partial charge is 0.143 e. The molecule has 0 spiro atoms. The summed E-state index contributed by atoms with van der Waals surface area (Å²) in [4.78, 5) is 5.23. The Bertz CT molecular complexity index is 489. The maximum atomic E-state index is 4.23. The van der Waals surface area contributed by atoms with Crippen LogP contribution in [0.15, 0.2) is 29.4 Å². The van der Waals surface area contributed by atoms with Crippen LogP contribution < -0.4 is 0 Å². The molecule has 4 nitrogen and oxygen atoms in total. The largest absolute Gasteiger partial charge is 0.314 e. The van der Waals surface area contributed by atoms with Crippen molar-refractivity contribution in [2.45, 2.75) is 30.0 Å². The van der Waals surface area contributed by atoms with Gasteiger partial charge < -0.3 is 4.57 Å². The van der Waals surface area contributed by atoms with Gasteiger partial charge in [0.25, 0.3) is 0 Å². The van der Waals surface area contributed by atoms with Crippen LogP contribution in [0.4, 0.5) is 0 Å². The van der Waals surface area contributed by atoms with E-state index in [1.165, 1.54) is 11.3 Å². The molecule has 0 bridgehead atoms. The van der Waals surface area contributed by atoms with Crippen LogP contribution in [0.5, 0.6) is 0 Å². The zero-order valence-corrected chi connectivity index (χ0v) is 12.1. The Kier molecular flexibility index (Phi) is 5.91. The van der Waals surface area contributed by atoms with Gasteiger partial charge in [0.15, 0.2) is 0 Å². The lowest BCUT2D eigenvalue weighted by Gasteiger charge is -2.02. The average Bonchev–Trinajstić information content (AvgIpc) is 2.90. The summed E-state index contributed by atoms with van der Waals surface area (Å²) in [5.41, 5.74) is 0. The van der Waals surface area contributed by atoms with Gasteiger partial charge in [-0.2, -0.15) is 0 Å². The number of rotatable bonds is 3. The van der Waals surface area contributed by atoms with Crippen molar-refractivity contribution in [2.75, 3.05) is 0 Å². The van der Waals surface area contributed by atoms with Gasteiger partial charge in [-0.1, -0.05) is 0 Å². The Hall–Kier alpha value is -0.780. The molecule has 2 aromatic rings. The van der Waals surface area contributed by atoms with Gasteiger partial charge in [0.05, 0.1) is 5.75 Å². The minimum Gasteiger partial charge on any atom is -0.314 e. The summed E-state index contributed by atoms with van der Waals surface area (Å²) in [6.07, 6.45) is 5.91. The molecule has 1 aliphatic rings. The average molecular weight is 305 g/mol. The summed E-state index contributed by atoms with van der Waals surface area (Å²) in [5, 5.41) is 8.43. The SMILES string of the molecule is Cl.Cl.c1cc(SCc2nnc3n2CCC3)ccn1. The van der Waals surface area contributed by atoms with Gasteiger partial charge in [-0.05, 0) is 18.6 Å². The van der Waals surface area contributed by atoms with Gasteiger partial charge in [-0.25, -0.2) is 0 Å². The van der Waals surface area contributed by atoms with Crippen LogP contribution in [0.1, 0.15) is 18.1 Å². The van der Waals surface area contributed by atoms with Gasteiger partial charge in [-0.15, -0.1) is 46.8 Å². The summed E-state index contributed by atoms with van der Waals surface area (Å²) < 4.78 is 2.24. The molecular formula is C11H14Cl2N4S. The Morgan fingerprint density at radius 2 is 1.94 bits per heavy atom. The number of hydrogen-bond donors (Lipinski definition) is 0. The Morgan fingerprint density at radius 1 is 1.17 bits per heavy atom. The highest BCUT2D eigenvalue weighted by molar-refractivity contribution is 7.98. The van der Waals surface area contributed by atoms with E-state index in [2.05, 4.69) is 19.7 Å². The fourth-order valence-electron chi connectivity index (χ4n) is 1.90. The minimum absolute atomic E-state index is 0. The predicted molar refractivity (Wildman–Crippen MR) is 76.6 cm³/mol. The van der Waals surface area contributed by atoms with Crippen molar-refractivity contribution in [1.29, 1.82) is 0 Å². The molecule has 0 saturated carbocycles. The molecule has 0 amide bonds. The first-order valence-corrected chi connectivity index (χ1v) is 6.36. The molecule has 18 heavy (non-hydrogen) atoms. The Morgan fingerprint density at radius 3 is 2.72 bits per heavy atom. The van der Waals surface area contributed by atoms with Crippen molar-refractivity contribution in [3.05, 3.63) is 36.2 Å². The quantitative estimate of drug-likeness (QED) is 0.818. The van der Waals surface area contributed by atoms with Crippen molar-refractivity contribution in [3.63, 3.8) is 0 Å². The second-order valence-corrected chi connectivity index (χ2v) is 4.81. The van der Waals surface area contributed by atoms with Crippen LogP contribution in [0.25, 0.3) is 0 Å². The van der Waals surface area contributed by atoms with Crippen LogP contribution in [-0.4, -0.2) is 19.7 Å². The van der Waals surface area contributed by atoms with Crippen LogP contribution in [-0.2, 0) is 18.7 Å². The van der Waals surface area contributed by atoms with Gasteiger partial charge >= 0.3 is 0 Å². The van der Waals surface area contributed by atoms with Gasteiger partial charge in [-0.3, -0.25) is 4.98 Å². The fraction of sp³-hybridized carbons (Fsp3) is 0.364. The minimum atomic E-state index is 0. The zero-order chi connectivity index (χ0) is 10.8. The van der Waals surface area contributed by atoms with Crippen molar-refractivity contribution in [1.82, 2.24) is 19.7 Å². The third kappa shape index (κ3) is 3.16. The van der Waals surface area contributed by atoms with Gasteiger partial charge in [0, 0.05) is 30.3 Å². The van der Waals surface area contributed by atoms with Crippen LogP contribution in [0.3, 0.4) is 0 Å². The molecule has 0 N–H and O–H groups in total. The Balaban J connectivity index is 0.000000810. The van der Waals surface area contributed by atoms with Gasteiger partial charge in [0.2, 0.25) is 0 Å². The molecule has 0 fully saturated rings. The number of aromatic nitrogens is 4. The third-order valence-electron chi connectivity index (χ3n) is 2.70. The highest BCUT2D eigenvalue weighted by Gasteiger charge is 2.16. The third-order valence-corrected chi connectivity index (χ3v) is 3.71. The van der Waals surface area contributed by atoms with E-state index in [4.69, 9.17) is 0 Å². The first kappa shape index (κ1) is 15.3. The lowest BCUT2D eigenvalue weighted by molar-refractivity contribution is 0.711. The molecular weight excluding hydrogens is 291 g/mol. The van der Waals surface area contributed by atoms with Crippen LogP contribution in [0.2, 0.25) is 0 Å². The Labute approximate surface area is 122 Å². The molecule has 3 heterocycles. The molecule has 3 rings (SSSR count). The second-order valence-electron chi connectivity index (χ2n) is 3.76. The lowest BCUT2D eigenvalue weighted by atomic mass is 10.4.